The lowest BCUT2D eigenvalue weighted by molar-refractivity contribution is -0.130. The fraction of sp³-hybridized carbons (Fsp3) is 0.296. The Labute approximate surface area is 216 Å². The fourth-order valence-electron chi connectivity index (χ4n) is 4.54. The van der Waals surface area contributed by atoms with Crippen LogP contribution in [0.25, 0.3) is 0 Å². The number of hydrogen-bond donors (Lipinski definition) is 2. The van der Waals surface area contributed by atoms with Gasteiger partial charge in [-0.2, -0.15) is 0 Å². The summed E-state index contributed by atoms with van der Waals surface area (Å²) < 4.78 is 31.6. The fourth-order valence-corrected chi connectivity index (χ4v) is 6.64. The second kappa shape index (κ2) is 11.1. The summed E-state index contributed by atoms with van der Waals surface area (Å²) in [5.41, 5.74) is 3.34. The lowest BCUT2D eigenvalue weighted by Crippen LogP contribution is -2.42. The maximum atomic E-state index is 13.7. The van der Waals surface area contributed by atoms with E-state index in [9.17, 15) is 23.2 Å². The van der Waals surface area contributed by atoms with Crippen LogP contribution in [0.15, 0.2) is 72.9 Å². The van der Waals surface area contributed by atoms with Crippen LogP contribution < -0.4 is 10.2 Å². The van der Waals surface area contributed by atoms with Gasteiger partial charge in [-0.25, -0.2) is 13.9 Å². The van der Waals surface area contributed by atoms with E-state index in [1.165, 1.54) is 16.7 Å². The van der Waals surface area contributed by atoms with Crippen LogP contribution in [0.3, 0.4) is 0 Å². The maximum absolute atomic E-state index is 13.7. The highest BCUT2D eigenvalue weighted by Gasteiger charge is 2.49. The topological polar surface area (TPSA) is 126 Å². The average molecular weight is 524 g/mol. The van der Waals surface area contributed by atoms with E-state index in [1.54, 1.807) is 47.9 Å². The Hall–Kier alpha value is -3.76. The number of hydrogen-bond acceptors (Lipinski definition) is 7. The van der Waals surface area contributed by atoms with Crippen molar-refractivity contribution in [3.05, 3.63) is 89.7 Å². The molecule has 0 aliphatic carbocycles. The quantitative estimate of drug-likeness (QED) is 0.359. The number of nitrogens with one attached hydrogen (secondary N) is 1. The van der Waals surface area contributed by atoms with Crippen LogP contribution in [0, 0.1) is 0 Å². The van der Waals surface area contributed by atoms with Crippen LogP contribution in [0.2, 0.25) is 0 Å². The second-order valence-corrected chi connectivity index (χ2v) is 11.3. The molecule has 1 atom stereocenters. The number of carbonyl (C=O) groups is 2. The molecule has 2 N–H and O–H groups in total. The van der Waals surface area contributed by atoms with Crippen LogP contribution in [-0.2, 0) is 25.8 Å². The van der Waals surface area contributed by atoms with E-state index in [0.717, 1.165) is 6.42 Å². The van der Waals surface area contributed by atoms with E-state index < -0.39 is 26.9 Å². The lowest BCUT2D eigenvalue weighted by atomic mass is 9.90. The number of carbonyl (C=O) groups excluding carboxylic acids is 2. The van der Waals surface area contributed by atoms with Crippen molar-refractivity contribution >= 4 is 21.7 Å². The highest BCUT2D eigenvalue weighted by molar-refractivity contribution is 7.92. The Balaban J connectivity index is 1.63. The zero-order valence-corrected chi connectivity index (χ0v) is 21.3. The molecular weight excluding hydrogens is 494 g/mol. The van der Waals surface area contributed by atoms with Gasteiger partial charge in [0.2, 0.25) is 5.91 Å². The molecule has 3 aromatic rings. The zero-order valence-electron chi connectivity index (χ0n) is 20.5. The van der Waals surface area contributed by atoms with Crippen molar-refractivity contribution in [1.29, 1.82) is 0 Å². The summed E-state index contributed by atoms with van der Waals surface area (Å²) in [6.07, 6.45) is 1.90. The summed E-state index contributed by atoms with van der Waals surface area (Å²) in [5, 5.41) is 9.21. The van der Waals surface area contributed by atoms with E-state index in [1.807, 2.05) is 24.3 Å². The summed E-state index contributed by atoms with van der Waals surface area (Å²) in [6, 6.07) is 19.2. The molecule has 1 aliphatic heterocycles. The van der Waals surface area contributed by atoms with Crippen LogP contribution in [-0.4, -0.2) is 54.2 Å². The van der Waals surface area contributed by atoms with Gasteiger partial charge in [0.25, 0.3) is 5.91 Å². The third-order valence-corrected chi connectivity index (χ3v) is 9.20. The molecule has 2 aromatic carbocycles. The Morgan fingerprint density at radius 3 is 2.30 bits per heavy atom. The molecule has 2 heterocycles. The van der Waals surface area contributed by atoms with Gasteiger partial charge in [0.05, 0.1) is 12.2 Å². The predicted octanol–water partition coefficient (Wildman–Crippen LogP) is 3.49. The van der Waals surface area contributed by atoms with Crippen molar-refractivity contribution in [1.82, 2.24) is 15.4 Å². The first-order chi connectivity index (χ1) is 17.8. The molecule has 0 spiro atoms. The smallest absolute Gasteiger partial charge is 0.272 e. The van der Waals surface area contributed by atoms with Gasteiger partial charge in [-0.1, -0.05) is 37.3 Å². The standard InChI is InChI=1S/C27H29N3O6S/c1-2-20-6-10-22(11-7-20)36-23-12-8-21(9-13-23)27(19-25(31)29-33)14-16-30(17-18-37(27,34)35)26(32)24-5-3-4-15-28-24/h3-13,15,33H,2,14,16-19H2,1H3,(H,29,31). The molecule has 1 aliphatic rings. The predicted molar refractivity (Wildman–Crippen MR) is 137 cm³/mol. The van der Waals surface area contributed by atoms with E-state index in [-0.39, 0.29) is 36.9 Å². The number of nitrogens with zero attached hydrogens (tertiary/aromatic N) is 2. The Morgan fingerprint density at radius 2 is 1.70 bits per heavy atom. The number of pyridine rings is 1. The van der Waals surface area contributed by atoms with Gasteiger partial charge < -0.3 is 9.64 Å². The lowest BCUT2D eigenvalue weighted by Gasteiger charge is -2.32. The Kier molecular flexibility index (Phi) is 7.89. The summed E-state index contributed by atoms with van der Waals surface area (Å²) >= 11 is 0. The van der Waals surface area contributed by atoms with Gasteiger partial charge in [0, 0.05) is 19.3 Å². The van der Waals surface area contributed by atoms with Crippen LogP contribution in [0.4, 0.5) is 0 Å². The summed E-state index contributed by atoms with van der Waals surface area (Å²) in [7, 11) is -3.93. The van der Waals surface area contributed by atoms with Crippen molar-refractivity contribution in [2.24, 2.45) is 0 Å². The van der Waals surface area contributed by atoms with E-state index >= 15 is 0 Å². The first-order valence-corrected chi connectivity index (χ1v) is 13.7. The molecule has 0 bridgehead atoms. The van der Waals surface area contributed by atoms with Crippen molar-refractivity contribution in [2.75, 3.05) is 18.8 Å². The molecule has 1 saturated heterocycles. The maximum Gasteiger partial charge on any atom is 0.272 e. The minimum atomic E-state index is -3.93. The minimum absolute atomic E-state index is 0.0278. The Bertz CT molecular complexity index is 1350. The molecule has 9 nitrogen and oxygen atoms in total. The molecule has 0 radical (unpaired) electrons. The molecule has 194 valence electrons. The highest BCUT2D eigenvalue weighted by atomic mass is 32.2. The zero-order chi connectivity index (χ0) is 26.5. The largest absolute Gasteiger partial charge is 0.457 e. The number of amides is 2. The van der Waals surface area contributed by atoms with Crippen LogP contribution in [0.5, 0.6) is 11.5 Å². The summed E-state index contributed by atoms with van der Waals surface area (Å²) in [5.74, 6) is -0.398. The van der Waals surface area contributed by atoms with Crippen LogP contribution >= 0.6 is 0 Å². The normalized spacial score (nSPS) is 19.0. The van der Waals surface area contributed by atoms with Gasteiger partial charge in [-0.05, 0) is 60.4 Å². The summed E-state index contributed by atoms with van der Waals surface area (Å²) in [6.45, 7) is 2.13. The number of hydroxylamine groups is 1. The Morgan fingerprint density at radius 1 is 1.03 bits per heavy atom. The number of rotatable bonds is 7. The summed E-state index contributed by atoms with van der Waals surface area (Å²) in [4.78, 5) is 30.8. The average Bonchev–Trinajstić information content (AvgIpc) is 3.05. The van der Waals surface area contributed by atoms with E-state index in [0.29, 0.717) is 17.1 Å². The van der Waals surface area contributed by atoms with E-state index in [2.05, 4.69) is 11.9 Å². The monoisotopic (exact) mass is 523 g/mol. The second-order valence-electron chi connectivity index (χ2n) is 8.91. The molecular formula is C27H29N3O6S. The SMILES string of the molecule is CCc1ccc(Oc2ccc(C3(CC(=O)NO)CCN(C(=O)c4ccccn4)CCS3(=O)=O)cc2)cc1. The third kappa shape index (κ3) is 5.65. The third-order valence-electron chi connectivity index (χ3n) is 6.70. The van der Waals surface area contributed by atoms with Crippen molar-refractivity contribution in [3.8, 4) is 11.5 Å². The molecule has 1 aromatic heterocycles. The first-order valence-electron chi connectivity index (χ1n) is 12.0. The molecule has 37 heavy (non-hydrogen) atoms. The van der Waals surface area contributed by atoms with Gasteiger partial charge in [-0.3, -0.25) is 19.8 Å². The number of sulfone groups is 1. The molecule has 1 unspecified atom stereocenters. The molecule has 1 fully saturated rings. The van der Waals surface area contributed by atoms with Crippen molar-refractivity contribution in [3.63, 3.8) is 0 Å². The number of ether oxygens (including phenoxy) is 1. The highest BCUT2D eigenvalue weighted by Crippen LogP contribution is 2.41. The molecule has 10 heteroatoms. The van der Waals surface area contributed by atoms with E-state index in [4.69, 9.17) is 4.74 Å². The number of benzene rings is 2. The van der Waals surface area contributed by atoms with Crippen molar-refractivity contribution in [2.45, 2.75) is 30.9 Å². The van der Waals surface area contributed by atoms with Crippen LogP contribution in [0.1, 0.15) is 41.4 Å². The first kappa shape index (κ1) is 26.3. The number of aromatic nitrogens is 1. The van der Waals surface area contributed by atoms with Gasteiger partial charge in [-0.15, -0.1) is 0 Å². The van der Waals surface area contributed by atoms with Gasteiger partial charge >= 0.3 is 0 Å². The molecule has 4 rings (SSSR count). The molecule has 0 saturated carbocycles. The van der Waals surface area contributed by atoms with Crippen molar-refractivity contribution < 1.29 is 28.0 Å². The van der Waals surface area contributed by atoms with Gasteiger partial charge in [0.1, 0.15) is 21.9 Å². The minimum Gasteiger partial charge on any atom is -0.457 e. The molecule has 2 amide bonds. The van der Waals surface area contributed by atoms with Gasteiger partial charge in [0.15, 0.2) is 9.84 Å². The number of aryl methyl sites for hydroxylation is 1.